The van der Waals surface area contributed by atoms with Gasteiger partial charge in [-0.3, -0.25) is 4.79 Å². The fourth-order valence-electron chi connectivity index (χ4n) is 1.11. The van der Waals surface area contributed by atoms with E-state index in [1.165, 1.54) is 0 Å². The summed E-state index contributed by atoms with van der Waals surface area (Å²) in [6, 6.07) is -0.489. The lowest BCUT2D eigenvalue weighted by atomic mass is 10.1. The lowest BCUT2D eigenvalue weighted by Crippen LogP contribution is -2.41. The Bertz CT molecular complexity index is 248. The van der Waals surface area contributed by atoms with E-state index in [0.717, 1.165) is 0 Å². The molecule has 0 aromatic heterocycles. The van der Waals surface area contributed by atoms with Crippen molar-refractivity contribution in [3.05, 3.63) is 0 Å². The zero-order chi connectivity index (χ0) is 12.8. The number of amides is 1. The number of carboxylic acids is 1. The number of aliphatic carboxylic acids is 1. The van der Waals surface area contributed by atoms with Crippen LogP contribution in [0.4, 0.5) is 4.79 Å². The van der Waals surface area contributed by atoms with Crippen LogP contribution in [0.25, 0.3) is 0 Å². The number of nitrogens with two attached hydrogens (primary N) is 1. The molecule has 0 aliphatic heterocycles. The van der Waals surface area contributed by atoms with Gasteiger partial charge in [0.2, 0.25) is 0 Å². The van der Waals surface area contributed by atoms with Crippen molar-refractivity contribution in [2.75, 3.05) is 6.54 Å². The van der Waals surface area contributed by atoms with E-state index >= 15 is 0 Å². The average molecular weight is 232 g/mol. The van der Waals surface area contributed by atoms with Gasteiger partial charge in [-0.15, -0.1) is 0 Å². The molecule has 0 aromatic carbocycles. The van der Waals surface area contributed by atoms with Gasteiger partial charge in [0.1, 0.15) is 5.60 Å². The summed E-state index contributed by atoms with van der Waals surface area (Å²) in [7, 11) is 0. The van der Waals surface area contributed by atoms with Gasteiger partial charge in [0.15, 0.2) is 0 Å². The molecule has 1 atom stereocenters. The Kier molecular flexibility index (Phi) is 5.81. The van der Waals surface area contributed by atoms with E-state index in [-0.39, 0.29) is 6.42 Å². The molecule has 0 spiro atoms. The number of carbonyl (C=O) groups is 2. The van der Waals surface area contributed by atoms with E-state index < -0.39 is 23.7 Å². The Morgan fingerprint density at radius 1 is 1.44 bits per heavy atom. The molecule has 6 heteroatoms. The number of carbonyl (C=O) groups excluding carboxylic acids is 1. The number of hydrogen-bond acceptors (Lipinski definition) is 4. The zero-order valence-corrected chi connectivity index (χ0v) is 9.95. The third kappa shape index (κ3) is 8.05. The smallest absolute Gasteiger partial charge is 0.407 e. The van der Waals surface area contributed by atoms with Crippen LogP contribution in [0.2, 0.25) is 0 Å². The highest BCUT2D eigenvalue weighted by Gasteiger charge is 2.20. The first-order valence-corrected chi connectivity index (χ1v) is 5.16. The summed E-state index contributed by atoms with van der Waals surface area (Å²) in [4.78, 5) is 21.9. The predicted molar refractivity (Wildman–Crippen MR) is 59.1 cm³/mol. The fourth-order valence-corrected chi connectivity index (χ4v) is 1.11. The van der Waals surface area contributed by atoms with E-state index in [1.807, 2.05) is 0 Å². The topological polar surface area (TPSA) is 102 Å². The molecule has 0 saturated heterocycles. The maximum Gasteiger partial charge on any atom is 0.407 e. The molecular weight excluding hydrogens is 212 g/mol. The van der Waals surface area contributed by atoms with E-state index in [1.54, 1.807) is 20.8 Å². The Balaban J connectivity index is 4.17. The lowest BCUT2D eigenvalue weighted by Gasteiger charge is -2.22. The van der Waals surface area contributed by atoms with Gasteiger partial charge < -0.3 is 20.9 Å². The van der Waals surface area contributed by atoms with Gasteiger partial charge in [-0.25, -0.2) is 4.79 Å². The molecule has 0 aliphatic rings. The predicted octanol–water partition coefficient (Wildman–Crippen LogP) is 0.703. The van der Waals surface area contributed by atoms with Crippen molar-refractivity contribution in [1.29, 1.82) is 0 Å². The number of rotatable bonds is 5. The summed E-state index contributed by atoms with van der Waals surface area (Å²) in [5, 5.41) is 11.1. The number of nitrogens with one attached hydrogen (secondary N) is 1. The van der Waals surface area contributed by atoms with Crippen molar-refractivity contribution in [1.82, 2.24) is 5.32 Å². The number of ether oxygens (including phenoxy) is 1. The molecule has 0 rings (SSSR count). The first kappa shape index (κ1) is 14.7. The first-order valence-electron chi connectivity index (χ1n) is 5.16. The van der Waals surface area contributed by atoms with Gasteiger partial charge in [-0.2, -0.15) is 0 Å². The molecule has 1 unspecified atom stereocenters. The van der Waals surface area contributed by atoms with E-state index in [0.29, 0.717) is 13.0 Å². The molecule has 0 bridgehead atoms. The highest BCUT2D eigenvalue weighted by Crippen LogP contribution is 2.07. The third-order valence-electron chi connectivity index (χ3n) is 1.66. The Hall–Kier alpha value is -1.30. The van der Waals surface area contributed by atoms with Gasteiger partial charge in [0.25, 0.3) is 0 Å². The molecule has 4 N–H and O–H groups in total. The van der Waals surface area contributed by atoms with Crippen LogP contribution >= 0.6 is 0 Å². The average Bonchev–Trinajstić information content (AvgIpc) is 1.98. The lowest BCUT2D eigenvalue weighted by molar-refractivity contribution is -0.137. The van der Waals surface area contributed by atoms with Crippen LogP contribution in [0, 0.1) is 0 Å². The van der Waals surface area contributed by atoms with Crippen LogP contribution in [0.1, 0.15) is 33.6 Å². The minimum Gasteiger partial charge on any atom is -0.481 e. The summed E-state index contributed by atoms with van der Waals surface area (Å²) in [6.45, 7) is 5.53. The second-order valence-electron chi connectivity index (χ2n) is 4.52. The number of hydrogen-bond donors (Lipinski definition) is 3. The summed E-state index contributed by atoms with van der Waals surface area (Å²) in [6.07, 6.45) is -0.366. The van der Waals surface area contributed by atoms with Crippen LogP contribution in [-0.4, -0.2) is 35.4 Å². The van der Waals surface area contributed by atoms with Gasteiger partial charge >= 0.3 is 12.1 Å². The largest absolute Gasteiger partial charge is 0.481 e. The Morgan fingerprint density at radius 3 is 2.38 bits per heavy atom. The molecule has 1 amide bonds. The summed E-state index contributed by atoms with van der Waals surface area (Å²) < 4.78 is 5.01. The van der Waals surface area contributed by atoms with Crippen molar-refractivity contribution in [3.63, 3.8) is 0 Å². The van der Waals surface area contributed by atoms with Crippen LogP contribution in [0.5, 0.6) is 0 Å². The second kappa shape index (κ2) is 6.32. The molecule has 0 aliphatic carbocycles. The molecule has 16 heavy (non-hydrogen) atoms. The Labute approximate surface area is 95.1 Å². The molecule has 94 valence electrons. The standard InChI is InChI=1S/C10H20N2O4/c1-10(2,3)16-9(15)12-7(4-5-11)6-8(13)14/h7H,4-6,11H2,1-3H3,(H,12,15)(H,13,14). The molecule has 0 aromatic rings. The minimum absolute atomic E-state index is 0.156. The normalized spacial score (nSPS) is 13.0. The molecular formula is C10H20N2O4. The van der Waals surface area contributed by atoms with Crippen molar-refractivity contribution in [2.24, 2.45) is 5.73 Å². The highest BCUT2D eigenvalue weighted by molar-refractivity contribution is 5.71. The summed E-state index contributed by atoms with van der Waals surface area (Å²) in [5.41, 5.74) is 4.73. The second-order valence-corrected chi connectivity index (χ2v) is 4.52. The highest BCUT2D eigenvalue weighted by atomic mass is 16.6. The minimum atomic E-state index is -0.977. The number of alkyl carbamates (subject to hydrolysis) is 1. The van der Waals surface area contributed by atoms with Gasteiger partial charge in [-0.05, 0) is 33.7 Å². The van der Waals surface area contributed by atoms with Crippen molar-refractivity contribution >= 4 is 12.1 Å². The summed E-state index contributed by atoms with van der Waals surface area (Å²) >= 11 is 0. The molecule has 6 nitrogen and oxygen atoms in total. The van der Waals surface area contributed by atoms with Gasteiger partial charge in [0.05, 0.1) is 6.42 Å². The maximum absolute atomic E-state index is 11.4. The van der Waals surface area contributed by atoms with E-state index in [2.05, 4.69) is 5.32 Å². The van der Waals surface area contributed by atoms with Crippen LogP contribution in [0.15, 0.2) is 0 Å². The van der Waals surface area contributed by atoms with Crippen LogP contribution in [0.3, 0.4) is 0 Å². The van der Waals surface area contributed by atoms with Crippen molar-refractivity contribution < 1.29 is 19.4 Å². The quantitative estimate of drug-likeness (QED) is 0.647. The first-order chi connectivity index (χ1) is 7.24. The third-order valence-corrected chi connectivity index (χ3v) is 1.66. The van der Waals surface area contributed by atoms with Crippen molar-refractivity contribution in [2.45, 2.75) is 45.3 Å². The maximum atomic E-state index is 11.4. The number of carboxylic acid groups (broad SMARTS) is 1. The summed E-state index contributed by atoms with van der Waals surface area (Å²) in [5.74, 6) is -0.977. The monoisotopic (exact) mass is 232 g/mol. The molecule has 0 saturated carbocycles. The van der Waals surface area contributed by atoms with Crippen LogP contribution < -0.4 is 11.1 Å². The van der Waals surface area contributed by atoms with E-state index in [9.17, 15) is 9.59 Å². The van der Waals surface area contributed by atoms with Gasteiger partial charge in [0, 0.05) is 6.04 Å². The molecule has 0 heterocycles. The van der Waals surface area contributed by atoms with Crippen molar-refractivity contribution in [3.8, 4) is 0 Å². The molecule has 0 fully saturated rings. The van der Waals surface area contributed by atoms with E-state index in [4.69, 9.17) is 15.6 Å². The fraction of sp³-hybridized carbons (Fsp3) is 0.800. The Morgan fingerprint density at radius 2 is 2.00 bits per heavy atom. The van der Waals surface area contributed by atoms with Gasteiger partial charge in [-0.1, -0.05) is 0 Å². The SMILES string of the molecule is CC(C)(C)OC(=O)NC(CCN)CC(=O)O. The molecule has 0 radical (unpaired) electrons. The van der Waals surface area contributed by atoms with Crippen LogP contribution in [-0.2, 0) is 9.53 Å². The zero-order valence-electron chi connectivity index (χ0n) is 9.95.